The van der Waals surface area contributed by atoms with Gasteiger partial charge in [-0.1, -0.05) is 0 Å². The first-order valence-corrected chi connectivity index (χ1v) is 8.47. The first kappa shape index (κ1) is 15.6. The molecule has 11 nitrogen and oxygen atoms in total. The number of aromatic nitrogens is 5. The van der Waals surface area contributed by atoms with Gasteiger partial charge < -0.3 is 16.0 Å². The van der Waals surface area contributed by atoms with Crippen LogP contribution in [0, 0.1) is 0 Å². The van der Waals surface area contributed by atoms with Gasteiger partial charge in [-0.05, 0) is 6.42 Å². The summed E-state index contributed by atoms with van der Waals surface area (Å²) >= 11 is 0. The van der Waals surface area contributed by atoms with Crippen LogP contribution < -0.4 is 21.3 Å². The largest absolute Gasteiger partial charge is 0.383 e. The van der Waals surface area contributed by atoms with Crippen LogP contribution in [-0.2, 0) is 11.8 Å². The Bertz CT molecular complexity index is 1100. The van der Waals surface area contributed by atoms with Gasteiger partial charge in [-0.25, -0.2) is 9.78 Å². The molecule has 2 saturated heterocycles. The Morgan fingerprint density at radius 3 is 2.81 bits per heavy atom. The molecule has 138 valence electrons. The first-order chi connectivity index (χ1) is 12.9. The fraction of sp³-hybridized carbons (Fsp3) is 0.312. The molecule has 1 spiro atoms. The van der Waals surface area contributed by atoms with Gasteiger partial charge in [0.25, 0.3) is 5.91 Å². The van der Waals surface area contributed by atoms with Gasteiger partial charge in [-0.15, -0.1) is 0 Å². The molecule has 0 saturated carbocycles. The molecule has 2 aliphatic rings. The Balaban J connectivity index is 1.55. The van der Waals surface area contributed by atoms with E-state index < -0.39 is 11.6 Å². The number of nitrogen functional groups attached to an aromatic ring is 1. The van der Waals surface area contributed by atoms with Crippen molar-refractivity contribution in [1.82, 2.24) is 35.0 Å². The highest BCUT2D eigenvalue weighted by Gasteiger charge is 2.51. The van der Waals surface area contributed by atoms with Crippen LogP contribution in [0.4, 0.5) is 16.4 Å². The zero-order chi connectivity index (χ0) is 18.8. The minimum absolute atomic E-state index is 0.301. The summed E-state index contributed by atoms with van der Waals surface area (Å²) in [6, 6.07) is 1.26. The molecule has 5 heterocycles. The van der Waals surface area contributed by atoms with E-state index in [4.69, 9.17) is 10.7 Å². The highest BCUT2D eigenvalue weighted by Crippen LogP contribution is 2.31. The van der Waals surface area contributed by atoms with Crippen molar-refractivity contribution in [2.75, 3.05) is 23.7 Å². The summed E-state index contributed by atoms with van der Waals surface area (Å²) in [7, 11) is 1.84. The number of hydrogen-bond donors (Lipinski definition) is 3. The quantitative estimate of drug-likeness (QED) is 0.520. The number of amides is 3. The molecule has 0 aliphatic carbocycles. The van der Waals surface area contributed by atoms with Crippen LogP contribution in [0.5, 0.6) is 0 Å². The molecule has 0 aromatic carbocycles. The van der Waals surface area contributed by atoms with E-state index >= 15 is 0 Å². The highest BCUT2D eigenvalue weighted by molar-refractivity contribution is 6.07. The number of nitrogens with two attached hydrogens (primary N) is 1. The van der Waals surface area contributed by atoms with Crippen molar-refractivity contribution in [3.05, 3.63) is 24.7 Å². The molecule has 0 bridgehead atoms. The molecule has 1 atom stereocenters. The van der Waals surface area contributed by atoms with Crippen molar-refractivity contribution in [1.29, 1.82) is 0 Å². The number of fused-ring (bicyclic) bond motifs is 1. The zero-order valence-corrected chi connectivity index (χ0v) is 14.5. The third-order valence-electron chi connectivity index (χ3n) is 5.11. The van der Waals surface area contributed by atoms with Gasteiger partial charge in [-0.3, -0.25) is 14.8 Å². The van der Waals surface area contributed by atoms with E-state index in [-0.39, 0.29) is 5.91 Å². The van der Waals surface area contributed by atoms with Gasteiger partial charge in [0.05, 0.1) is 18.9 Å². The third kappa shape index (κ3) is 2.24. The van der Waals surface area contributed by atoms with E-state index in [0.29, 0.717) is 36.8 Å². The van der Waals surface area contributed by atoms with Crippen LogP contribution in [0.1, 0.15) is 6.42 Å². The van der Waals surface area contributed by atoms with Crippen molar-refractivity contribution in [2.45, 2.75) is 12.0 Å². The summed E-state index contributed by atoms with van der Waals surface area (Å²) in [6.07, 6.45) is 5.83. The normalized spacial score (nSPS) is 22.0. The van der Waals surface area contributed by atoms with Gasteiger partial charge in [0, 0.05) is 37.0 Å². The van der Waals surface area contributed by atoms with Crippen molar-refractivity contribution < 1.29 is 9.59 Å². The summed E-state index contributed by atoms with van der Waals surface area (Å²) in [6.45, 7) is 0.913. The van der Waals surface area contributed by atoms with E-state index in [0.717, 1.165) is 11.1 Å². The molecular formula is C16H17N9O2. The maximum atomic E-state index is 12.2. The fourth-order valence-corrected chi connectivity index (χ4v) is 3.72. The lowest BCUT2D eigenvalue weighted by molar-refractivity contribution is -0.123. The number of urea groups is 1. The average Bonchev–Trinajstić information content (AvgIpc) is 3.36. The molecule has 3 aromatic heterocycles. The SMILES string of the molecule is Cn1cc(-c2cnn3c(N)cc(N4CCC5(C4)NC(=O)NC5=O)nc23)cn1. The third-order valence-corrected chi connectivity index (χ3v) is 5.11. The van der Waals surface area contributed by atoms with Gasteiger partial charge >= 0.3 is 6.03 Å². The van der Waals surface area contributed by atoms with Crippen molar-refractivity contribution in [2.24, 2.45) is 7.05 Å². The van der Waals surface area contributed by atoms with Crippen LogP contribution in [0.25, 0.3) is 16.8 Å². The highest BCUT2D eigenvalue weighted by atomic mass is 16.2. The maximum Gasteiger partial charge on any atom is 0.322 e. The minimum atomic E-state index is -0.911. The summed E-state index contributed by atoms with van der Waals surface area (Å²) < 4.78 is 3.28. The van der Waals surface area contributed by atoms with Gasteiger partial charge in [-0.2, -0.15) is 14.7 Å². The lowest BCUT2D eigenvalue weighted by atomic mass is 10.00. The van der Waals surface area contributed by atoms with E-state index in [1.54, 1.807) is 27.7 Å². The molecule has 11 heteroatoms. The fourth-order valence-electron chi connectivity index (χ4n) is 3.72. The molecule has 2 aliphatic heterocycles. The number of aryl methyl sites for hydroxylation is 1. The second-order valence-corrected chi connectivity index (χ2v) is 6.90. The number of carbonyl (C=O) groups excluding carboxylic acids is 2. The Labute approximate surface area is 153 Å². The van der Waals surface area contributed by atoms with Crippen molar-refractivity contribution in [3.63, 3.8) is 0 Å². The average molecular weight is 367 g/mol. The summed E-state index contributed by atoms with van der Waals surface area (Å²) in [5, 5.41) is 13.6. The monoisotopic (exact) mass is 367 g/mol. The standard InChI is InChI=1S/C16H17N9O2/c1-23-7-9(5-18-23)10-6-19-25-11(17)4-12(20-13(10)25)24-3-2-16(8-24)14(26)21-15(27)22-16/h4-7H,2-3,8,17H2,1H3,(H2,21,22,26,27). The van der Waals surface area contributed by atoms with Gasteiger partial charge in [0.2, 0.25) is 0 Å². The Kier molecular flexibility index (Phi) is 3.00. The molecule has 3 amide bonds. The molecule has 27 heavy (non-hydrogen) atoms. The lowest BCUT2D eigenvalue weighted by Crippen LogP contribution is -2.49. The Hall–Kier alpha value is -3.63. The molecule has 5 rings (SSSR count). The molecule has 2 fully saturated rings. The van der Waals surface area contributed by atoms with Crippen molar-refractivity contribution >= 4 is 29.2 Å². The topological polar surface area (TPSA) is 135 Å². The molecular weight excluding hydrogens is 350 g/mol. The van der Waals surface area contributed by atoms with Gasteiger partial charge in [0.1, 0.15) is 17.2 Å². The van der Waals surface area contributed by atoms with Crippen LogP contribution >= 0.6 is 0 Å². The lowest BCUT2D eigenvalue weighted by Gasteiger charge is -2.22. The van der Waals surface area contributed by atoms with Crippen LogP contribution in [-0.4, -0.2) is 54.9 Å². The van der Waals surface area contributed by atoms with Crippen LogP contribution in [0.15, 0.2) is 24.7 Å². The van der Waals surface area contributed by atoms with Crippen LogP contribution in [0.3, 0.4) is 0 Å². The number of nitrogens with one attached hydrogen (secondary N) is 2. The predicted octanol–water partition coefficient (Wildman–Crippen LogP) is -0.500. The Morgan fingerprint density at radius 2 is 2.11 bits per heavy atom. The van der Waals surface area contributed by atoms with E-state index in [2.05, 4.69) is 20.8 Å². The zero-order valence-electron chi connectivity index (χ0n) is 14.5. The Morgan fingerprint density at radius 1 is 1.26 bits per heavy atom. The van der Waals surface area contributed by atoms with E-state index in [9.17, 15) is 9.59 Å². The number of carbonyl (C=O) groups is 2. The predicted molar refractivity (Wildman–Crippen MR) is 95.8 cm³/mol. The smallest absolute Gasteiger partial charge is 0.322 e. The first-order valence-electron chi connectivity index (χ1n) is 8.47. The number of nitrogens with zero attached hydrogens (tertiary/aromatic N) is 6. The number of rotatable bonds is 2. The van der Waals surface area contributed by atoms with Crippen molar-refractivity contribution in [3.8, 4) is 11.1 Å². The molecule has 0 radical (unpaired) electrons. The number of hydrogen-bond acceptors (Lipinski definition) is 7. The molecule has 4 N–H and O–H groups in total. The summed E-state index contributed by atoms with van der Waals surface area (Å²) in [5.74, 6) is 0.770. The summed E-state index contributed by atoms with van der Waals surface area (Å²) in [5.41, 5.74) is 7.58. The van der Waals surface area contributed by atoms with Gasteiger partial charge in [0.15, 0.2) is 5.65 Å². The molecule has 3 aromatic rings. The minimum Gasteiger partial charge on any atom is -0.383 e. The summed E-state index contributed by atoms with van der Waals surface area (Å²) in [4.78, 5) is 30.4. The second kappa shape index (κ2) is 5.19. The maximum absolute atomic E-state index is 12.2. The van der Waals surface area contributed by atoms with Crippen LogP contribution in [0.2, 0.25) is 0 Å². The number of imide groups is 1. The van der Waals surface area contributed by atoms with E-state index in [1.165, 1.54) is 0 Å². The van der Waals surface area contributed by atoms with E-state index in [1.807, 2.05) is 18.1 Å². The second-order valence-electron chi connectivity index (χ2n) is 6.90. The molecule has 1 unspecified atom stereocenters. The number of anilines is 2.